The third-order valence-corrected chi connectivity index (χ3v) is 5.72. The minimum absolute atomic E-state index is 0.0165. The quantitative estimate of drug-likeness (QED) is 0.610. The number of carboxylic acid groups (broad SMARTS) is 1. The van der Waals surface area contributed by atoms with Gasteiger partial charge >= 0.3 is 11.9 Å². The standard InChI is InChI=1S/C22H35N3O4/c1-13(2)8-14-9-17(10-14)25-21(15-6-7-15)20(23-24-25)16(11-18(26)27)12-19(28)29-22(3,4)5/h13-17H,6-12H2,1-5H3,(H,26,27). The fourth-order valence-electron chi connectivity index (χ4n) is 4.45. The molecule has 1 aromatic rings. The highest BCUT2D eigenvalue weighted by Crippen LogP contribution is 2.48. The zero-order valence-electron chi connectivity index (χ0n) is 18.4. The zero-order valence-corrected chi connectivity index (χ0v) is 18.4. The van der Waals surface area contributed by atoms with Crippen molar-refractivity contribution in [2.45, 2.75) is 103 Å². The molecular formula is C22H35N3O4. The van der Waals surface area contributed by atoms with Gasteiger partial charge in [0.1, 0.15) is 5.60 Å². The lowest BCUT2D eigenvalue weighted by Gasteiger charge is -2.37. The Morgan fingerprint density at radius 1 is 1.21 bits per heavy atom. The lowest BCUT2D eigenvalue weighted by molar-refractivity contribution is -0.155. The summed E-state index contributed by atoms with van der Waals surface area (Å²) in [7, 11) is 0. The van der Waals surface area contributed by atoms with Crippen LogP contribution in [0.2, 0.25) is 0 Å². The molecule has 0 saturated heterocycles. The van der Waals surface area contributed by atoms with Crippen molar-refractivity contribution in [3.63, 3.8) is 0 Å². The number of carbonyl (C=O) groups is 2. The molecule has 1 heterocycles. The second-order valence-corrected chi connectivity index (χ2v) is 10.3. The molecule has 29 heavy (non-hydrogen) atoms. The molecule has 7 nitrogen and oxygen atoms in total. The van der Waals surface area contributed by atoms with E-state index in [1.165, 1.54) is 6.42 Å². The van der Waals surface area contributed by atoms with Crippen LogP contribution in [0, 0.1) is 11.8 Å². The van der Waals surface area contributed by atoms with Gasteiger partial charge in [0.05, 0.1) is 30.3 Å². The van der Waals surface area contributed by atoms with Gasteiger partial charge in [-0.1, -0.05) is 19.1 Å². The van der Waals surface area contributed by atoms with Gasteiger partial charge in [-0.2, -0.15) is 0 Å². The number of carbonyl (C=O) groups excluding carboxylic acids is 1. The largest absolute Gasteiger partial charge is 0.481 e. The van der Waals surface area contributed by atoms with E-state index < -0.39 is 17.5 Å². The second kappa shape index (κ2) is 8.44. The van der Waals surface area contributed by atoms with Gasteiger partial charge in [-0.25, -0.2) is 4.68 Å². The van der Waals surface area contributed by atoms with Crippen molar-refractivity contribution < 1.29 is 19.4 Å². The van der Waals surface area contributed by atoms with Gasteiger partial charge in [0.2, 0.25) is 0 Å². The highest BCUT2D eigenvalue weighted by atomic mass is 16.6. The summed E-state index contributed by atoms with van der Waals surface area (Å²) in [5.74, 6) is -0.00581. The number of aliphatic carboxylic acids is 1. The lowest BCUT2D eigenvalue weighted by Crippen LogP contribution is -2.30. The lowest BCUT2D eigenvalue weighted by atomic mass is 9.75. The van der Waals surface area contributed by atoms with Crippen LogP contribution >= 0.6 is 0 Å². The molecule has 2 fully saturated rings. The number of hydrogen-bond acceptors (Lipinski definition) is 5. The van der Waals surface area contributed by atoms with Crippen LogP contribution in [0.15, 0.2) is 0 Å². The highest BCUT2D eigenvalue weighted by molar-refractivity contribution is 5.74. The van der Waals surface area contributed by atoms with Crippen LogP contribution in [0.25, 0.3) is 0 Å². The molecule has 1 atom stereocenters. The van der Waals surface area contributed by atoms with Gasteiger partial charge in [0.25, 0.3) is 0 Å². The van der Waals surface area contributed by atoms with Crippen molar-refractivity contribution >= 4 is 11.9 Å². The minimum atomic E-state index is -0.935. The molecule has 2 saturated carbocycles. The van der Waals surface area contributed by atoms with Crippen LogP contribution in [0.4, 0.5) is 0 Å². The third-order valence-electron chi connectivity index (χ3n) is 5.72. The summed E-state index contributed by atoms with van der Waals surface area (Å²) in [6.45, 7) is 9.95. The van der Waals surface area contributed by atoms with Crippen molar-refractivity contribution in [3.8, 4) is 0 Å². The van der Waals surface area contributed by atoms with E-state index in [1.54, 1.807) is 0 Å². The highest BCUT2D eigenvalue weighted by Gasteiger charge is 2.40. The molecular weight excluding hydrogens is 370 g/mol. The topological polar surface area (TPSA) is 94.3 Å². The number of aromatic nitrogens is 3. The van der Waals surface area contributed by atoms with Crippen LogP contribution in [0.5, 0.6) is 0 Å². The average molecular weight is 406 g/mol. The maximum Gasteiger partial charge on any atom is 0.307 e. The molecule has 7 heteroatoms. The van der Waals surface area contributed by atoms with Gasteiger partial charge < -0.3 is 9.84 Å². The summed E-state index contributed by atoms with van der Waals surface area (Å²) in [4.78, 5) is 23.9. The summed E-state index contributed by atoms with van der Waals surface area (Å²) < 4.78 is 7.49. The first-order chi connectivity index (χ1) is 13.5. The van der Waals surface area contributed by atoms with E-state index in [2.05, 4.69) is 24.2 Å². The van der Waals surface area contributed by atoms with Crippen LogP contribution in [-0.2, 0) is 14.3 Å². The van der Waals surface area contributed by atoms with Gasteiger partial charge in [0.15, 0.2) is 0 Å². The predicted molar refractivity (Wildman–Crippen MR) is 109 cm³/mol. The van der Waals surface area contributed by atoms with E-state index >= 15 is 0 Å². The number of hydrogen-bond donors (Lipinski definition) is 1. The first kappa shape index (κ1) is 21.8. The normalized spacial score (nSPS) is 23.0. The molecule has 0 radical (unpaired) electrons. The number of ether oxygens (including phenoxy) is 1. The molecule has 0 spiro atoms. The first-order valence-electron chi connectivity index (χ1n) is 10.9. The molecule has 2 aliphatic carbocycles. The molecule has 3 rings (SSSR count). The summed E-state index contributed by atoms with van der Waals surface area (Å²) in [5, 5.41) is 18.3. The Morgan fingerprint density at radius 2 is 1.86 bits per heavy atom. The number of rotatable bonds is 9. The number of carboxylic acids is 1. The van der Waals surface area contributed by atoms with Gasteiger partial charge in [0, 0.05) is 11.8 Å². The number of esters is 1. The van der Waals surface area contributed by atoms with Crippen molar-refractivity contribution in [2.75, 3.05) is 0 Å². The molecule has 0 bridgehead atoms. The molecule has 1 unspecified atom stereocenters. The van der Waals surface area contributed by atoms with Crippen LogP contribution in [0.3, 0.4) is 0 Å². The zero-order chi connectivity index (χ0) is 21.3. The SMILES string of the molecule is CC(C)CC1CC(n2nnc(C(CC(=O)O)CC(=O)OC(C)(C)C)c2C2CC2)C1. The monoisotopic (exact) mass is 405 g/mol. The van der Waals surface area contributed by atoms with Crippen LogP contribution < -0.4 is 0 Å². The Balaban J connectivity index is 1.78. The van der Waals surface area contributed by atoms with Crippen LogP contribution in [-0.4, -0.2) is 37.6 Å². The maximum atomic E-state index is 12.4. The Kier molecular flexibility index (Phi) is 6.34. The minimum Gasteiger partial charge on any atom is -0.481 e. The van der Waals surface area contributed by atoms with Crippen LogP contribution in [0.1, 0.15) is 109 Å². The van der Waals surface area contributed by atoms with E-state index in [9.17, 15) is 14.7 Å². The Bertz CT molecular complexity index is 740. The van der Waals surface area contributed by atoms with E-state index in [0.717, 1.165) is 37.3 Å². The predicted octanol–water partition coefficient (Wildman–Crippen LogP) is 4.44. The van der Waals surface area contributed by atoms with Gasteiger partial charge in [-0.15, -0.1) is 5.10 Å². The Morgan fingerprint density at radius 3 is 2.38 bits per heavy atom. The average Bonchev–Trinajstić information content (AvgIpc) is 3.26. The van der Waals surface area contributed by atoms with E-state index in [-0.39, 0.29) is 18.8 Å². The van der Waals surface area contributed by atoms with Gasteiger partial charge in [-0.3, -0.25) is 9.59 Å². The molecule has 1 aromatic heterocycles. The summed E-state index contributed by atoms with van der Waals surface area (Å²) >= 11 is 0. The second-order valence-electron chi connectivity index (χ2n) is 10.3. The van der Waals surface area contributed by atoms with E-state index in [4.69, 9.17) is 4.74 Å². The van der Waals surface area contributed by atoms with Gasteiger partial charge in [-0.05, 0) is 64.7 Å². The smallest absolute Gasteiger partial charge is 0.307 e. The number of nitrogens with zero attached hydrogens (tertiary/aromatic N) is 3. The summed E-state index contributed by atoms with van der Waals surface area (Å²) in [6.07, 6.45) is 5.48. The fraction of sp³-hybridized carbons (Fsp3) is 0.818. The molecule has 1 N–H and O–H groups in total. The first-order valence-corrected chi connectivity index (χ1v) is 10.9. The molecule has 2 aliphatic rings. The van der Waals surface area contributed by atoms with E-state index in [0.29, 0.717) is 23.6 Å². The van der Waals surface area contributed by atoms with Crippen molar-refractivity contribution in [2.24, 2.45) is 11.8 Å². The molecule has 0 aliphatic heterocycles. The van der Waals surface area contributed by atoms with Crippen molar-refractivity contribution in [1.82, 2.24) is 15.0 Å². The molecule has 0 aromatic carbocycles. The molecule has 162 valence electrons. The summed E-state index contributed by atoms with van der Waals surface area (Å²) in [6, 6.07) is 0.350. The Labute approximate surface area is 173 Å². The van der Waals surface area contributed by atoms with E-state index in [1.807, 2.05) is 25.5 Å². The van der Waals surface area contributed by atoms with Crippen molar-refractivity contribution in [1.29, 1.82) is 0 Å². The Hall–Kier alpha value is -1.92. The fourth-order valence-corrected chi connectivity index (χ4v) is 4.45. The maximum absolute atomic E-state index is 12.4. The molecule has 0 amide bonds. The summed E-state index contributed by atoms with van der Waals surface area (Å²) in [5.41, 5.74) is 1.15. The van der Waals surface area contributed by atoms with Crippen molar-refractivity contribution in [3.05, 3.63) is 11.4 Å². The third kappa shape index (κ3) is 5.80.